The van der Waals surface area contributed by atoms with Gasteiger partial charge in [0.25, 0.3) is 0 Å². The van der Waals surface area contributed by atoms with Crippen molar-refractivity contribution in [1.29, 1.82) is 0 Å². The Hall–Kier alpha value is -2.49. The highest BCUT2D eigenvalue weighted by Gasteiger charge is 2.14. The van der Waals surface area contributed by atoms with Crippen molar-refractivity contribution in [1.82, 2.24) is 0 Å². The topological polar surface area (TPSA) is 72.5 Å². The molecule has 0 aliphatic heterocycles. The van der Waals surface area contributed by atoms with Crippen molar-refractivity contribution in [3.63, 3.8) is 0 Å². The molecule has 0 aliphatic carbocycles. The molecule has 0 unspecified atom stereocenters. The number of ether oxygens (including phenoxy) is 1. The number of aryl methyl sites for hydroxylation is 3. The van der Waals surface area contributed by atoms with E-state index in [1.54, 1.807) is 13.0 Å². The number of benzene rings is 2. The van der Waals surface area contributed by atoms with E-state index in [9.17, 15) is 9.90 Å². The van der Waals surface area contributed by atoms with Crippen LogP contribution < -0.4 is 10.5 Å². The molecule has 0 radical (unpaired) electrons. The molecule has 3 N–H and O–H groups in total. The molecule has 4 heteroatoms. The molecule has 2 aromatic carbocycles. The summed E-state index contributed by atoms with van der Waals surface area (Å²) >= 11 is 0. The van der Waals surface area contributed by atoms with Gasteiger partial charge in [0.1, 0.15) is 11.5 Å². The average Bonchev–Trinajstić information content (AvgIpc) is 2.39. The summed E-state index contributed by atoms with van der Waals surface area (Å²) < 4.78 is 5.88. The lowest BCUT2D eigenvalue weighted by Crippen LogP contribution is -2.05. The van der Waals surface area contributed by atoms with Crippen LogP contribution in [-0.2, 0) is 0 Å². The van der Waals surface area contributed by atoms with Gasteiger partial charge in [0.15, 0.2) is 0 Å². The number of hydrogen-bond acceptors (Lipinski definition) is 3. The predicted molar refractivity (Wildman–Crippen MR) is 83.3 cm³/mol. The van der Waals surface area contributed by atoms with E-state index in [-0.39, 0.29) is 11.3 Å². The Bertz CT molecular complexity index is 720. The van der Waals surface area contributed by atoms with Crippen LogP contribution in [0.25, 0.3) is 0 Å². The lowest BCUT2D eigenvalue weighted by molar-refractivity contribution is 0.0697. The van der Waals surface area contributed by atoms with Crippen LogP contribution in [-0.4, -0.2) is 11.1 Å². The number of carbonyl (C=O) groups is 1. The van der Waals surface area contributed by atoms with Gasteiger partial charge in [0, 0.05) is 5.69 Å². The number of carboxylic acid groups (broad SMARTS) is 1. The third-order valence-corrected chi connectivity index (χ3v) is 3.58. The molecule has 0 heterocycles. The maximum atomic E-state index is 11.2. The quantitative estimate of drug-likeness (QED) is 0.836. The largest absolute Gasteiger partial charge is 0.478 e. The first-order valence-corrected chi connectivity index (χ1v) is 6.68. The van der Waals surface area contributed by atoms with Gasteiger partial charge in [0.2, 0.25) is 0 Å². The molecule has 0 spiro atoms. The molecule has 0 aliphatic rings. The molecule has 4 nitrogen and oxygen atoms in total. The minimum Gasteiger partial charge on any atom is -0.478 e. The number of anilines is 1. The van der Waals surface area contributed by atoms with Gasteiger partial charge in [-0.15, -0.1) is 0 Å². The van der Waals surface area contributed by atoms with E-state index >= 15 is 0 Å². The second-order valence-electron chi connectivity index (χ2n) is 5.31. The number of carboxylic acids is 1. The number of nitrogen functional groups attached to an aromatic ring is 1. The summed E-state index contributed by atoms with van der Waals surface area (Å²) in [7, 11) is 0. The van der Waals surface area contributed by atoms with Crippen LogP contribution >= 0.6 is 0 Å². The highest BCUT2D eigenvalue weighted by atomic mass is 16.5. The molecule has 0 saturated heterocycles. The normalized spacial score (nSPS) is 10.5. The zero-order chi connectivity index (χ0) is 15.7. The van der Waals surface area contributed by atoms with E-state index < -0.39 is 5.97 Å². The number of nitrogens with two attached hydrogens (primary N) is 1. The van der Waals surface area contributed by atoms with Gasteiger partial charge in [0.05, 0.1) is 5.56 Å². The molecule has 0 atom stereocenters. The van der Waals surface area contributed by atoms with Crippen molar-refractivity contribution in [3.05, 3.63) is 52.1 Å². The van der Waals surface area contributed by atoms with Gasteiger partial charge in [-0.05, 0) is 68.1 Å². The Morgan fingerprint density at radius 2 is 1.71 bits per heavy atom. The smallest absolute Gasteiger partial charge is 0.337 e. The number of hydrogen-bond donors (Lipinski definition) is 2. The highest BCUT2D eigenvalue weighted by Crippen LogP contribution is 2.31. The van der Waals surface area contributed by atoms with Crippen LogP contribution in [0.1, 0.15) is 32.6 Å². The van der Waals surface area contributed by atoms with E-state index in [1.807, 2.05) is 26.8 Å². The maximum Gasteiger partial charge on any atom is 0.337 e. The van der Waals surface area contributed by atoms with Crippen LogP contribution in [0.15, 0.2) is 24.3 Å². The van der Waals surface area contributed by atoms with Gasteiger partial charge in [-0.3, -0.25) is 0 Å². The van der Waals surface area contributed by atoms with E-state index in [4.69, 9.17) is 10.5 Å². The number of aromatic carboxylic acids is 1. The van der Waals surface area contributed by atoms with Crippen LogP contribution in [0, 0.1) is 27.7 Å². The van der Waals surface area contributed by atoms with E-state index in [0.29, 0.717) is 11.3 Å². The standard InChI is InChI=1S/C17H19NO3/c1-9-5-10(2)12(4)15(6-9)21-13-7-11(3)16(18)14(8-13)17(19)20/h5-8H,18H2,1-4H3,(H,19,20). The Kier molecular flexibility index (Phi) is 3.89. The fourth-order valence-electron chi connectivity index (χ4n) is 2.23. The summed E-state index contributed by atoms with van der Waals surface area (Å²) in [5.74, 6) is 0.151. The van der Waals surface area contributed by atoms with Crippen molar-refractivity contribution < 1.29 is 14.6 Å². The van der Waals surface area contributed by atoms with Gasteiger partial charge in [-0.2, -0.15) is 0 Å². The first-order valence-electron chi connectivity index (χ1n) is 6.68. The molecule has 110 valence electrons. The predicted octanol–water partition coefficient (Wildman–Crippen LogP) is 3.99. The molecule has 2 rings (SSSR count). The molecule has 0 saturated carbocycles. The summed E-state index contributed by atoms with van der Waals surface area (Å²) in [6.07, 6.45) is 0. The van der Waals surface area contributed by atoms with Gasteiger partial charge in [-0.25, -0.2) is 4.79 Å². The third-order valence-electron chi connectivity index (χ3n) is 3.58. The van der Waals surface area contributed by atoms with Gasteiger partial charge >= 0.3 is 5.97 Å². The second-order valence-corrected chi connectivity index (χ2v) is 5.31. The number of rotatable bonds is 3. The Labute approximate surface area is 124 Å². The first-order chi connectivity index (χ1) is 9.79. The van der Waals surface area contributed by atoms with Crippen LogP contribution in [0.4, 0.5) is 5.69 Å². The molecule has 21 heavy (non-hydrogen) atoms. The van der Waals surface area contributed by atoms with Crippen LogP contribution in [0.2, 0.25) is 0 Å². The zero-order valence-electron chi connectivity index (χ0n) is 12.7. The molecule has 0 aromatic heterocycles. The third kappa shape index (κ3) is 2.99. The fraction of sp³-hybridized carbons (Fsp3) is 0.235. The van der Waals surface area contributed by atoms with Gasteiger partial charge in [-0.1, -0.05) is 6.07 Å². The van der Waals surface area contributed by atoms with Gasteiger partial charge < -0.3 is 15.6 Å². The molecular formula is C17H19NO3. The summed E-state index contributed by atoms with van der Waals surface area (Å²) in [6.45, 7) is 7.76. The molecule has 0 bridgehead atoms. The second kappa shape index (κ2) is 5.48. The SMILES string of the molecule is Cc1cc(C)c(C)c(Oc2cc(C)c(N)c(C(=O)O)c2)c1. The summed E-state index contributed by atoms with van der Waals surface area (Å²) in [4.78, 5) is 11.2. The first kappa shape index (κ1) is 14.9. The van der Waals surface area contributed by atoms with Crippen LogP contribution in [0.5, 0.6) is 11.5 Å². The van der Waals surface area contributed by atoms with Crippen molar-refractivity contribution in [3.8, 4) is 11.5 Å². The van der Waals surface area contributed by atoms with Crippen molar-refractivity contribution in [2.75, 3.05) is 5.73 Å². The minimum absolute atomic E-state index is 0.0621. The van der Waals surface area contributed by atoms with E-state index in [1.165, 1.54) is 6.07 Å². The summed E-state index contributed by atoms with van der Waals surface area (Å²) in [5.41, 5.74) is 10.1. The minimum atomic E-state index is -1.06. The molecular weight excluding hydrogens is 266 g/mol. The van der Waals surface area contributed by atoms with Crippen molar-refractivity contribution >= 4 is 11.7 Å². The zero-order valence-corrected chi connectivity index (χ0v) is 12.7. The Morgan fingerprint density at radius 3 is 2.33 bits per heavy atom. The van der Waals surface area contributed by atoms with Crippen molar-refractivity contribution in [2.45, 2.75) is 27.7 Å². The van der Waals surface area contributed by atoms with Crippen LogP contribution in [0.3, 0.4) is 0 Å². The van der Waals surface area contributed by atoms with E-state index in [2.05, 4.69) is 6.07 Å². The molecule has 2 aromatic rings. The lowest BCUT2D eigenvalue weighted by atomic mass is 10.1. The Morgan fingerprint density at radius 1 is 1.05 bits per heavy atom. The lowest BCUT2D eigenvalue weighted by Gasteiger charge is -2.14. The molecule has 0 fully saturated rings. The fourth-order valence-corrected chi connectivity index (χ4v) is 2.23. The summed E-state index contributed by atoms with van der Waals surface area (Å²) in [5, 5.41) is 9.19. The highest BCUT2D eigenvalue weighted by molar-refractivity contribution is 5.95. The summed E-state index contributed by atoms with van der Waals surface area (Å²) in [6, 6.07) is 7.23. The maximum absolute atomic E-state index is 11.2. The van der Waals surface area contributed by atoms with Crippen molar-refractivity contribution in [2.24, 2.45) is 0 Å². The monoisotopic (exact) mass is 285 g/mol. The Balaban J connectivity index is 2.48. The average molecular weight is 285 g/mol. The van der Waals surface area contributed by atoms with E-state index in [0.717, 1.165) is 22.4 Å². The molecule has 0 amide bonds.